The van der Waals surface area contributed by atoms with Gasteiger partial charge < -0.3 is 24.8 Å². The molecule has 1 unspecified atom stereocenters. The first-order valence-corrected chi connectivity index (χ1v) is 8.73. The number of methoxy groups -OCH3 is 2. The van der Waals surface area contributed by atoms with Crippen molar-refractivity contribution < 1.29 is 24.2 Å². The number of carbonyl (C=O) groups excluding carboxylic acids is 1. The van der Waals surface area contributed by atoms with Crippen LogP contribution in [0.1, 0.15) is 45.3 Å². The molecule has 140 valence electrons. The molecule has 1 aliphatic carbocycles. The molecule has 1 saturated carbocycles. The van der Waals surface area contributed by atoms with E-state index in [1.165, 1.54) is 14.2 Å². The smallest absolute Gasteiger partial charge is 0.340 e. The maximum Gasteiger partial charge on any atom is 0.340 e. The van der Waals surface area contributed by atoms with Crippen LogP contribution >= 0.6 is 0 Å². The van der Waals surface area contributed by atoms with Gasteiger partial charge in [-0.2, -0.15) is 0 Å². The van der Waals surface area contributed by atoms with Crippen LogP contribution in [0, 0.1) is 0 Å². The number of nitrogens with one attached hydrogen (secondary N) is 1. The highest BCUT2D eigenvalue weighted by Crippen LogP contribution is 2.44. The summed E-state index contributed by atoms with van der Waals surface area (Å²) in [6.45, 7) is 0. The zero-order valence-corrected chi connectivity index (χ0v) is 15.1. The van der Waals surface area contributed by atoms with Crippen LogP contribution < -0.4 is 14.8 Å². The van der Waals surface area contributed by atoms with E-state index in [1.807, 2.05) is 18.2 Å². The fourth-order valence-corrected chi connectivity index (χ4v) is 3.62. The molecular formula is C20H20N2O5. The lowest BCUT2D eigenvalue weighted by atomic mass is 9.98. The molecule has 0 saturated heterocycles. The third kappa shape index (κ3) is 2.75. The largest absolute Gasteiger partial charge is 0.493 e. The summed E-state index contributed by atoms with van der Waals surface area (Å²) >= 11 is 0. The molecule has 2 aromatic carbocycles. The molecule has 1 heterocycles. The summed E-state index contributed by atoms with van der Waals surface area (Å²) in [4.78, 5) is 26.9. The van der Waals surface area contributed by atoms with Crippen LogP contribution in [0.4, 0.5) is 5.69 Å². The second-order valence-electron chi connectivity index (χ2n) is 6.61. The third-order valence-corrected chi connectivity index (χ3v) is 4.99. The van der Waals surface area contributed by atoms with Crippen LogP contribution in [0.15, 0.2) is 36.4 Å². The summed E-state index contributed by atoms with van der Waals surface area (Å²) in [6.07, 6.45) is 1.22. The molecule has 4 rings (SSSR count). The highest BCUT2D eigenvalue weighted by Gasteiger charge is 2.43. The Hall–Kier alpha value is -3.22. The minimum Gasteiger partial charge on any atom is -0.493 e. The Morgan fingerprint density at radius 2 is 1.89 bits per heavy atom. The molecular weight excluding hydrogens is 348 g/mol. The highest BCUT2D eigenvalue weighted by molar-refractivity contribution is 6.02. The van der Waals surface area contributed by atoms with Crippen molar-refractivity contribution in [2.24, 2.45) is 0 Å². The van der Waals surface area contributed by atoms with Gasteiger partial charge in [0.2, 0.25) is 0 Å². The summed E-state index contributed by atoms with van der Waals surface area (Å²) in [7, 11) is 2.86. The van der Waals surface area contributed by atoms with Crippen molar-refractivity contribution in [2.75, 3.05) is 19.5 Å². The van der Waals surface area contributed by atoms with Crippen LogP contribution in [0.3, 0.4) is 0 Å². The van der Waals surface area contributed by atoms with Gasteiger partial charge in [-0.1, -0.05) is 18.2 Å². The topological polar surface area (TPSA) is 88.1 Å². The Labute approximate surface area is 156 Å². The van der Waals surface area contributed by atoms with Gasteiger partial charge in [0.15, 0.2) is 11.5 Å². The number of carbonyl (C=O) groups is 2. The van der Waals surface area contributed by atoms with Crippen molar-refractivity contribution in [3.63, 3.8) is 0 Å². The molecule has 7 nitrogen and oxygen atoms in total. The van der Waals surface area contributed by atoms with E-state index in [9.17, 15) is 14.7 Å². The van der Waals surface area contributed by atoms with Crippen molar-refractivity contribution in [1.29, 1.82) is 0 Å². The van der Waals surface area contributed by atoms with E-state index in [0.717, 1.165) is 12.8 Å². The number of hydrogen-bond donors (Lipinski definition) is 2. The Morgan fingerprint density at radius 1 is 1.15 bits per heavy atom. The molecule has 1 fully saturated rings. The first kappa shape index (κ1) is 17.2. The summed E-state index contributed by atoms with van der Waals surface area (Å²) in [6, 6.07) is 10.7. The molecule has 2 N–H and O–H groups in total. The van der Waals surface area contributed by atoms with E-state index >= 15 is 0 Å². The van der Waals surface area contributed by atoms with Crippen LogP contribution in [0.2, 0.25) is 0 Å². The number of nitrogens with zero attached hydrogens (tertiary/aromatic N) is 1. The molecule has 2 aromatic rings. The fraction of sp³-hybridized carbons (Fsp3) is 0.300. The number of aromatic carboxylic acids is 1. The predicted octanol–water partition coefficient (Wildman–Crippen LogP) is 3.13. The lowest BCUT2D eigenvalue weighted by molar-refractivity contribution is 0.0639. The van der Waals surface area contributed by atoms with E-state index in [-0.39, 0.29) is 23.3 Å². The first-order chi connectivity index (χ1) is 13.1. The molecule has 1 aliphatic heterocycles. The second-order valence-corrected chi connectivity index (χ2v) is 6.61. The summed E-state index contributed by atoms with van der Waals surface area (Å²) in [5.74, 6) is -0.752. The van der Waals surface area contributed by atoms with Crippen molar-refractivity contribution in [3.05, 3.63) is 53.1 Å². The average molecular weight is 368 g/mol. The molecule has 0 spiro atoms. The van der Waals surface area contributed by atoms with Crippen LogP contribution in [-0.2, 0) is 0 Å². The zero-order chi connectivity index (χ0) is 19.1. The van der Waals surface area contributed by atoms with E-state index in [4.69, 9.17) is 9.47 Å². The molecule has 7 heteroatoms. The molecule has 0 bridgehead atoms. The zero-order valence-electron chi connectivity index (χ0n) is 15.1. The molecule has 27 heavy (non-hydrogen) atoms. The minimum absolute atomic E-state index is 0.00724. The van der Waals surface area contributed by atoms with Gasteiger partial charge in [0.05, 0.1) is 19.8 Å². The number of ether oxygens (including phenoxy) is 2. The van der Waals surface area contributed by atoms with E-state index in [1.54, 1.807) is 23.1 Å². The van der Waals surface area contributed by atoms with Gasteiger partial charge in [-0.25, -0.2) is 4.79 Å². The molecule has 0 aromatic heterocycles. The first-order valence-electron chi connectivity index (χ1n) is 8.73. The van der Waals surface area contributed by atoms with E-state index in [2.05, 4.69) is 5.32 Å². The Balaban J connectivity index is 1.89. The number of hydrogen-bond acceptors (Lipinski definition) is 5. The Morgan fingerprint density at radius 3 is 2.52 bits per heavy atom. The maximum absolute atomic E-state index is 13.1. The lowest BCUT2D eigenvalue weighted by Crippen LogP contribution is -2.44. The number of anilines is 1. The average Bonchev–Trinajstić information content (AvgIpc) is 3.51. The molecule has 1 amide bonds. The fourth-order valence-electron chi connectivity index (χ4n) is 3.62. The maximum atomic E-state index is 13.1. The number of rotatable bonds is 5. The van der Waals surface area contributed by atoms with Gasteiger partial charge in [-0.15, -0.1) is 0 Å². The number of carboxylic acids is 1. The second kappa shape index (κ2) is 6.50. The highest BCUT2D eigenvalue weighted by atomic mass is 16.5. The monoisotopic (exact) mass is 368 g/mol. The Bertz CT molecular complexity index is 923. The van der Waals surface area contributed by atoms with Gasteiger partial charge in [0.25, 0.3) is 5.91 Å². The molecule has 2 aliphatic rings. The van der Waals surface area contributed by atoms with Crippen molar-refractivity contribution in [3.8, 4) is 11.5 Å². The SMILES string of the molecule is COc1ccc(C2Nc3ccccc3C(=O)N2C2CC2)c(C(=O)O)c1OC. The minimum atomic E-state index is -1.13. The summed E-state index contributed by atoms with van der Waals surface area (Å²) in [5, 5.41) is 13.2. The molecule has 1 atom stereocenters. The van der Waals surface area contributed by atoms with Crippen LogP contribution in [0.25, 0.3) is 0 Å². The lowest BCUT2D eigenvalue weighted by Gasteiger charge is -2.39. The summed E-state index contributed by atoms with van der Waals surface area (Å²) in [5.41, 5.74) is 1.75. The number of fused-ring (bicyclic) bond motifs is 1. The van der Waals surface area contributed by atoms with E-state index < -0.39 is 12.1 Å². The van der Waals surface area contributed by atoms with Crippen LogP contribution in [-0.4, -0.2) is 42.1 Å². The summed E-state index contributed by atoms with van der Waals surface area (Å²) < 4.78 is 10.6. The van der Waals surface area contributed by atoms with Gasteiger partial charge in [0.1, 0.15) is 11.7 Å². The van der Waals surface area contributed by atoms with Crippen molar-refractivity contribution in [2.45, 2.75) is 25.0 Å². The number of carboxylic acid groups (broad SMARTS) is 1. The third-order valence-electron chi connectivity index (χ3n) is 4.99. The quantitative estimate of drug-likeness (QED) is 0.843. The number of benzene rings is 2. The Kier molecular flexibility index (Phi) is 4.14. The standard InChI is InChI=1S/C20H20N2O5/c1-26-15-10-9-13(16(20(24)25)17(15)27-2)18-21-14-6-4-3-5-12(14)19(23)22(18)11-7-8-11/h3-6,9-11,18,21H,7-8H2,1-2H3,(H,24,25). The van der Waals surface area contributed by atoms with Crippen molar-refractivity contribution >= 4 is 17.6 Å². The van der Waals surface area contributed by atoms with Gasteiger partial charge in [0, 0.05) is 17.3 Å². The predicted molar refractivity (Wildman–Crippen MR) is 98.5 cm³/mol. The van der Waals surface area contributed by atoms with E-state index in [0.29, 0.717) is 22.6 Å². The normalized spacial score (nSPS) is 18.5. The van der Waals surface area contributed by atoms with Gasteiger partial charge in [-0.3, -0.25) is 4.79 Å². The number of amides is 1. The number of para-hydroxylation sites is 1. The van der Waals surface area contributed by atoms with Gasteiger partial charge >= 0.3 is 5.97 Å². The molecule has 0 radical (unpaired) electrons. The van der Waals surface area contributed by atoms with Gasteiger partial charge in [-0.05, 0) is 31.0 Å². The van der Waals surface area contributed by atoms with Crippen LogP contribution in [0.5, 0.6) is 11.5 Å². The van der Waals surface area contributed by atoms with Crippen molar-refractivity contribution in [1.82, 2.24) is 4.90 Å².